The van der Waals surface area contributed by atoms with Crippen LogP contribution < -0.4 is 15.0 Å². The first-order chi connectivity index (χ1) is 15.5. The molecule has 0 aliphatic carbocycles. The van der Waals surface area contributed by atoms with Gasteiger partial charge in [0.2, 0.25) is 11.8 Å². The molecule has 0 bridgehead atoms. The highest BCUT2D eigenvalue weighted by Gasteiger charge is 2.37. The molecule has 170 valence electrons. The molecule has 3 heterocycles. The summed E-state index contributed by atoms with van der Waals surface area (Å²) in [7, 11) is 1.60. The van der Waals surface area contributed by atoms with Crippen LogP contribution in [0.25, 0.3) is 0 Å². The Morgan fingerprint density at radius 1 is 1.12 bits per heavy atom. The predicted octanol–water partition coefficient (Wildman–Crippen LogP) is 1.68. The first kappa shape index (κ1) is 22.3. The molecule has 1 N–H and O–H groups in total. The van der Waals surface area contributed by atoms with Crippen LogP contribution in [0.5, 0.6) is 5.75 Å². The summed E-state index contributed by atoms with van der Waals surface area (Å²) in [6.07, 6.45) is 0.250. The smallest absolute Gasteiger partial charge is 0.261 e. The lowest BCUT2D eigenvalue weighted by atomic mass is 10.1. The van der Waals surface area contributed by atoms with Crippen LogP contribution >= 0.6 is 11.3 Å². The Kier molecular flexibility index (Phi) is 7.06. The molecule has 1 aromatic carbocycles. The number of hydrogen-bond donors (Lipinski definition) is 1. The lowest BCUT2D eigenvalue weighted by Gasteiger charge is -2.35. The fourth-order valence-corrected chi connectivity index (χ4v) is 4.80. The van der Waals surface area contributed by atoms with Crippen LogP contribution in [0, 0.1) is 5.92 Å². The zero-order valence-corrected chi connectivity index (χ0v) is 19.0. The second-order valence-electron chi connectivity index (χ2n) is 8.00. The first-order valence-corrected chi connectivity index (χ1v) is 11.7. The van der Waals surface area contributed by atoms with Gasteiger partial charge in [0.05, 0.1) is 17.9 Å². The number of amides is 3. The molecule has 0 radical (unpaired) electrons. The van der Waals surface area contributed by atoms with E-state index in [4.69, 9.17) is 4.74 Å². The van der Waals surface area contributed by atoms with Crippen molar-refractivity contribution in [2.75, 3.05) is 57.8 Å². The quantitative estimate of drug-likeness (QED) is 0.686. The molecule has 2 aliphatic rings. The molecule has 9 heteroatoms. The Morgan fingerprint density at radius 2 is 1.88 bits per heavy atom. The van der Waals surface area contributed by atoms with Gasteiger partial charge in [0.1, 0.15) is 5.75 Å². The number of carbonyl (C=O) groups excluding carboxylic acids is 3. The van der Waals surface area contributed by atoms with Crippen LogP contribution in [0.15, 0.2) is 41.8 Å². The van der Waals surface area contributed by atoms with Crippen molar-refractivity contribution in [2.45, 2.75) is 6.42 Å². The lowest BCUT2D eigenvalue weighted by molar-refractivity contribution is -0.137. The third kappa shape index (κ3) is 5.11. The van der Waals surface area contributed by atoms with Crippen LogP contribution in [0.3, 0.4) is 0 Å². The van der Waals surface area contributed by atoms with Gasteiger partial charge in [-0.15, -0.1) is 11.3 Å². The van der Waals surface area contributed by atoms with Gasteiger partial charge in [-0.1, -0.05) is 6.07 Å². The maximum Gasteiger partial charge on any atom is 0.261 e. The largest absolute Gasteiger partial charge is 0.497 e. The van der Waals surface area contributed by atoms with Crippen LogP contribution in [-0.2, 0) is 9.59 Å². The summed E-state index contributed by atoms with van der Waals surface area (Å²) in [5, 5.41) is 4.83. The summed E-state index contributed by atoms with van der Waals surface area (Å²) in [5.41, 5.74) is 0.792. The van der Waals surface area contributed by atoms with Crippen molar-refractivity contribution in [3.8, 4) is 5.75 Å². The second-order valence-corrected chi connectivity index (χ2v) is 8.95. The highest BCUT2D eigenvalue weighted by Crippen LogP contribution is 2.28. The molecular weight excluding hydrogens is 428 g/mol. The van der Waals surface area contributed by atoms with Crippen molar-refractivity contribution in [1.82, 2.24) is 15.1 Å². The Balaban J connectivity index is 1.22. The van der Waals surface area contributed by atoms with Gasteiger partial charge in [0.15, 0.2) is 0 Å². The number of benzene rings is 1. The van der Waals surface area contributed by atoms with Gasteiger partial charge >= 0.3 is 0 Å². The van der Waals surface area contributed by atoms with Crippen molar-refractivity contribution >= 4 is 34.7 Å². The lowest BCUT2D eigenvalue weighted by Crippen LogP contribution is -2.51. The third-order valence-corrected chi connectivity index (χ3v) is 6.87. The summed E-state index contributed by atoms with van der Waals surface area (Å²) < 4.78 is 5.17. The maximum absolute atomic E-state index is 13.0. The van der Waals surface area contributed by atoms with Crippen molar-refractivity contribution < 1.29 is 19.1 Å². The molecule has 0 saturated carbocycles. The third-order valence-electron chi connectivity index (χ3n) is 6.00. The molecule has 3 amide bonds. The number of carbonyl (C=O) groups is 3. The minimum absolute atomic E-state index is 0.0198. The van der Waals surface area contributed by atoms with Crippen LogP contribution in [0.2, 0.25) is 0 Å². The molecule has 8 nitrogen and oxygen atoms in total. The number of nitrogens with one attached hydrogen (secondary N) is 1. The highest BCUT2D eigenvalue weighted by atomic mass is 32.1. The Morgan fingerprint density at radius 3 is 2.53 bits per heavy atom. The molecular formula is C23H28N4O4S. The van der Waals surface area contributed by atoms with Gasteiger partial charge in [0, 0.05) is 57.9 Å². The predicted molar refractivity (Wildman–Crippen MR) is 123 cm³/mol. The van der Waals surface area contributed by atoms with Gasteiger partial charge in [0.25, 0.3) is 5.91 Å². The number of piperazine rings is 1. The van der Waals surface area contributed by atoms with Gasteiger partial charge in [-0.2, -0.15) is 0 Å². The summed E-state index contributed by atoms with van der Waals surface area (Å²) >= 11 is 1.43. The first-order valence-electron chi connectivity index (χ1n) is 10.8. The molecule has 4 rings (SSSR count). The Hall–Kier alpha value is -2.91. The minimum Gasteiger partial charge on any atom is -0.497 e. The highest BCUT2D eigenvalue weighted by molar-refractivity contribution is 7.12. The van der Waals surface area contributed by atoms with E-state index in [1.807, 2.05) is 46.7 Å². The number of thiophene rings is 1. The van der Waals surface area contributed by atoms with E-state index >= 15 is 0 Å². The number of methoxy groups -OCH3 is 1. The molecule has 1 atom stereocenters. The molecule has 2 aromatic rings. The van der Waals surface area contributed by atoms with Gasteiger partial charge in [-0.05, 0) is 35.7 Å². The fourth-order valence-electron chi connectivity index (χ4n) is 4.16. The minimum atomic E-state index is -0.304. The molecule has 0 spiro atoms. The molecule has 2 fully saturated rings. The van der Waals surface area contributed by atoms with Gasteiger partial charge < -0.3 is 19.9 Å². The van der Waals surface area contributed by atoms with E-state index in [-0.39, 0.29) is 30.1 Å². The summed E-state index contributed by atoms with van der Waals surface area (Å²) in [5.74, 6) is 0.424. The summed E-state index contributed by atoms with van der Waals surface area (Å²) in [6, 6.07) is 11.0. The SMILES string of the molecule is COc1ccc(N2CC(C(=O)N3CCN(CCNC(=O)c4cccs4)CC3)CC2=O)cc1. The molecule has 1 unspecified atom stereocenters. The molecule has 32 heavy (non-hydrogen) atoms. The number of rotatable bonds is 7. The molecule has 1 aromatic heterocycles. The van der Waals surface area contributed by atoms with Crippen molar-refractivity contribution in [3.63, 3.8) is 0 Å². The number of ether oxygens (including phenoxy) is 1. The van der Waals surface area contributed by atoms with E-state index in [1.54, 1.807) is 12.0 Å². The second kappa shape index (κ2) is 10.1. The zero-order valence-electron chi connectivity index (χ0n) is 18.2. The normalized spacial score (nSPS) is 19.3. The standard InChI is InChI=1S/C23H28N4O4S/c1-31-19-6-4-18(5-7-19)27-16-17(15-21(27)28)23(30)26-12-10-25(11-13-26)9-8-24-22(29)20-3-2-14-32-20/h2-7,14,17H,8-13,15-16H2,1H3,(H,24,29). The van der Waals surface area contributed by atoms with E-state index in [1.165, 1.54) is 11.3 Å². The molecule has 2 aliphatic heterocycles. The number of nitrogens with zero attached hydrogens (tertiary/aromatic N) is 3. The van der Waals surface area contributed by atoms with Crippen molar-refractivity contribution in [2.24, 2.45) is 5.92 Å². The van der Waals surface area contributed by atoms with Crippen molar-refractivity contribution in [3.05, 3.63) is 46.7 Å². The van der Waals surface area contributed by atoms with Crippen molar-refractivity contribution in [1.29, 1.82) is 0 Å². The van der Waals surface area contributed by atoms with Gasteiger partial charge in [-0.25, -0.2) is 0 Å². The van der Waals surface area contributed by atoms with E-state index in [2.05, 4.69) is 10.2 Å². The topological polar surface area (TPSA) is 82.2 Å². The van der Waals surface area contributed by atoms with E-state index < -0.39 is 0 Å². The van der Waals surface area contributed by atoms with Crippen LogP contribution in [0.1, 0.15) is 16.1 Å². The number of anilines is 1. The van der Waals surface area contributed by atoms with E-state index in [9.17, 15) is 14.4 Å². The molecule has 2 saturated heterocycles. The van der Waals surface area contributed by atoms with Crippen LogP contribution in [-0.4, -0.2) is 80.4 Å². The fraction of sp³-hybridized carbons (Fsp3) is 0.435. The summed E-state index contributed by atoms with van der Waals surface area (Å²) in [6.45, 7) is 4.58. The Bertz CT molecular complexity index is 939. The van der Waals surface area contributed by atoms with Gasteiger partial charge in [-0.3, -0.25) is 19.3 Å². The number of hydrogen-bond acceptors (Lipinski definition) is 6. The maximum atomic E-state index is 13.0. The monoisotopic (exact) mass is 456 g/mol. The van der Waals surface area contributed by atoms with Crippen LogP contribution in [0.4, 0.5) is 5.69 Å². The average Bonchev–Trinajstić information content (AvgIpc) is 3.49. The summed E-state index contributed by atoms with van der Waals surface area (Å²) in [4.78, 5) is 44.1. The zero-order chi connectivity index (χ0) is 22.5. The van der Waals surface area contributed by atoms with E-state index in [0.29, 0.717) is 26.2 Å². The van der Waals surface area contributed by atoms with E-state index in [0.717, 1.165) is 35.9 Å². The average molecular weight is 457 g/mol. The Labute approximate surface area is 191 Å².